The van der Waals surface area contributed by atoms with Crippen LogP contribution in [0.2, 0.25) is 0 Å². The normalized spacial score (nSPS) is 19.5. The lowest BCUT2D eigenvalue weighted by Crippen LogP contribution is -2.46. The minimum absolute atomic E-state index is 0.0541. The van der Waals surface area contributed by atoms with Gasteiger partial charge >= 0.3 is 5.69 Å². The van der Waals surface area contributed by atoms with Crippen molar-refractivity contribution < 1.29 is 14.1 Å². The number of hydrogen-bond donors (Lipinski definition) is 1. The van der Waals surface area contributed by atoms with Crippen LogP contribution in [0.3, 0.4) is 0 Å². The number of nitrogens with zero attached hydrogens (tertiary/aromatic N) is 2. The van der Waals surface area contributed by atoms with E-state index in [1.54, 1.807) is 11.0 Å². The molecule has 1 aromatic carbocycles. The summed E-state index contributed by atoms with van der Waals surface area (Å²) >= 11 is 0. The maximum absolute atomic E-state index is 13.6. The Balaban J connectivity index is 2.26. The van der Waals surface area contributed by atoms with Gasteiger partial charge in [0.05, 0.1) is 17.6 Å². The first-order valence-corrected chi connectivity index (χ1v) is 6.07. The predicted molar refractivity (Wildman–Crippen MR) is 68.9 cm³/mol. The number of morpholine rings is 1. The van der Waals surface area contributed by atoms with Crippen molar-refractivity contribution in [1.82, 2.24) is 5.32 Å². The number of hydrogen-bond acceptors (Lipinski definition) is 5. The third-order valence-electron chi connectivity index (χ3n) is 3.06. The Morgan fingerprint density at radius 1 is 1.63 bits per heavy atom. The molecule has 1 atom stereocenters. The predicted octanol–water partition coefficient (Wildman–Crippen LogP) is 1.16. The Morgan fingerprint density at radius 3 is 3.11 bits per heavy atom. The van der Waals surface area contributed by atoms with Gasteiger partial charge in [0.1, 0.15) is 5.69 Å². The molecule has 1 saturated heterocycles. The molecule has 1 fully saturated rings. The zero-order chi connectivity index (χ0) is 13.8. The molecule has 0 amide bonds. The first kappa shape index (κ1) is 13.7. The Hall–Kier alpha value is -1.73. The van der Waals surface area contributed by atoms with Gasteiger partial charge in [-0.2, -0.15) is 4.39 Å². The fraction of sp³-hybridized carbons (Fsp3) is 0.500. The van der Waals surface area contributed by atoms with E-state index >= 15 is 0 Å². The highest BCUT2D eigenvalue weighted by Crippen LogP contribution is 2.31. The summed E-state index contributed by atoms with van der Waals surface area (Å²) < 4.78 is 19.1. The third kappa shape index (κ3) is 2.99. The molecule has 0 bridgehead atoms. The van der Waals surface area contributed by atoms with Crippen LogP contribution in [0.4, 0.5) is 15.8 Å². The molecule has 2 rings (SSSR count). The van der Waals surface area contributed by atoms with E-state index in [1.807, 2.05) is 7.05 Å². The van der Waals surface area contributed by atoms with Crippen LogP contribution in [-0.2, 0) is 4.74 Å². The van der Waals surface area contributed by atoms with Crippen LogP contribution >= 0.6 is 0 Å². The summed E-state index contributed by atoms with van der Waals surface area (Å²) in [5.41, 5.74) is -0.151. The topological polar surface area (TPSA) is 67.6 Å². The standard InChI is InChI=1S/C12H16FN3O3/c1-14-7-9-8-15(5-6-19-9)11-4-2-3-10(13)12(11)16(17)18/h2-4,9,14H,5-8H2,1H3. The second kappa shape index (κ2) is 5.94. The molecule has 7 heteroatoms. The number of nitro groups is 1. The second-order valence-corrected chi connectivity index (χ2v) is 4.36. The van der Waals surface area contributed by atoms with Crippen LogP contribution in [0, 0.1) is 15.9 Å². The lowest BCUT2D eigenvalue weighted by Gasteiger charge is -2.34. The van der Waals surface area contributed by atoms with Gasteiger partial charge in [0.2, 0.25) is 5.82 Å². The average molecular weight is 269 g/mol. The second-order valence-electron chi connectivity index (χ2n) is 4.36. The molecule has 19 heavy (non-hydrogen) atoms. The molecule has 0 aromatic heterocycles. The van der Waals surface area contributed by atoms with Crippen LogP contribution in [0.5, 0.6) is 0 Å². The van der Waals surface area contributed by atoms with Gasteiger partial charge < -0.3 is 15.0 Å². The summed E-state index contributed by atoms with van der Waals surface area (Å²) in [6.07, 6.45) is -0.0541. The van der Waals surface area contributed by atoms with Gasteiger partial charge in [0.15, 0.2) is 0 Å². The van der Waals surface area contributed by atoms with E-state index in [1.165, 1.54) is 6.07 Å². The summed E-state index contributed by atoms with van der Waals surface area (Å²) in [6.45, 7) is 2.15. The Labute approximate surface area is 110 Å². The summed E-state index contributed by atoms with van der Waals surface area (Å²) in [5, 5.41) is 14.0. The van der Waals surface area contributed by atoms with E-state index in [-0.39, 0.29) is 6.10 Å². The van der Waals surface area contributed by atoms with Gasteiger partial charge in [0.25, 0.3) is 0 Å². The van der Waals surface area contributed by atoms with E-state index in [0.717, 1.165) is 6.07 Å². The minimum atomic E-state index is -0.806. The number of rotatable bonds is 4. The van der Waals surface area contributed by atoms with Gasteiger partial charge in [-0.3, -0.25) is 10.1 Å². The molecular weight excluding hydrogens is 253 g/mol. The van der Waals surface area contributed by atoms with E-state index in [4.69, 9.17) is 4.74 Å². The van der Waals surface area contributed by atoms with E-state index < -0.39 is 16.4 Å². The lowest BCUT2D eigenvalue weighted by atomic mass is 10.2. The van der Waals surface area contributed by atoms with Crippen molar-refractivity contribution in [3.63, 3.8) is 0 Å². The van der Waals surface area contributed by atoms with Crippen molar-refractivity contribution in [3.05, 3.63) is 34.1 Å². The molecule has 104 valence electrons. The molecule has 0 aliphatic carbocycles. The first-order chi connectivity index (χ1) is 9.13. The minimum Gasteiger partial charge on any atom is -0.373 e. The maximum atomic E-state index is 13.6. The summed E-state index contributed by atoms with van der Waals surface area (Å²) in [7, 11) is 1.81. The van der Waals surface area contributed by atoms with Gasteiger partial charge in [-0.15, -0.1) is 0 Å². The van der Waals surface area contributed by atoms with E-state index in [0.29, 0.717) is 31.9 Å². The zero-order valence-corrected chi connectivity index (χ0v) is 10.6. The van der Waals surface area contributed by atoms with Gasteiger partial charge in [-0.25, -0.2) is 0 Å². The van der Waals surface area contributed by atoms with E-state index in [2.05, 4.69) is 5.32 Å². The summed E-state index contributed by atoms with van der Waals surface area (Å²) in [4.78, 5) is 12.1. The number of likely N-dealkylation sites (N-methyl/N-ethyl adjacent to an activating group) is 1. The van der Waals surface area contributed by atoms with Gasteiger partial charge in [0, 0.05) is 19.6 Å². The molecule has 1 aliphatic heterocycles. The van der Waals surface area contributed by atoms with Gasteiger partial charge in [-0.1, -0.05) is 6.07 Å². The SMILES string of the molecule is CNCC1CN(c2cccc(F)c2[N+](=O)[O-])CCO1. The van der Waals surface area contributed by atoms with Crippen molar-refractivity contribution in [2.45, 2.75) is 6.10 Å². The van der Waals surface area contributed by atoms with E-state index in [9.17, 15) is 14.5 Å². The number of halogens is 1. The highest BCUT2D eigenvalue weighted by atomic mass is 19.1. The summed E-state index contributed by atoms with van der Waals surface area (Å²) in [6, 6.07) is 4.16. The number of nitrogens with one attached hydrogen (secondary N) is 1. The van der Waals surface area contributed by atoms with Crippen LogP contribution in [0.15, 0.2) is 18.2 Å². The molecule has 6 nitrogen and oxygen atoms in total. The molecule has 0 saturated carbocycles. The zero-order valence-electron chi connectivity index (χ0n) is 10.6. The van der Waals surface area contributed by atoms with Crippen molar-refractivity contribution in [3.8, 4) is 0 Å². The van der Waals surface area contributed by atoms with Crippen molar-refractivity contribution in [2.24, 2.45) is 0 Å². The molecule has 0 spiro atoms. The number of ether oxygens (including phenoxy) is 1. The van der Waals surface area contributed by atoms with Crippen LogP contribution in [0.1, 0.15) is 0 Å². The first-order valence-electron chi connectivity index (χ1n) is 6.07. The maximum Gasteiger partial charge on any atom is 0.327 e. The smallest absolute Gasteiger partial charge is 0.327 e. The molecule has 1 N–H and O–H groups in total. The van der Waals surface area contributed by atoms with Crippen molar-refractivity contribution >= 4 is 11.4 Å². The van der Waals surface area contributed by atoms with Gasteiger partial charge in [-0.05, 0) is 19.2 Å². The molecule has 1 heterocycles. The molecule has 0 radical (unpaired) electrons. The van der Waals surface area contributed by atoms with Crippen molar-refractivity contribution in [1.29, 1.82) is 0 Å². The molecule has 1 aliphatic rings. The monoisotopic (exact) mass is 269 g/mol. The molecule has 1 aromatic rings. The highest BCUT2D eigenvalue weighted by molar-refractivity contribution is 5.64. The number of anilines is 1. The third-order valence-corrected chi connectivity index (χ3v) is 3.06. The number of benzene rings is 1. The van der Waals surface area contributed by atoms with Crippen LogP contribution in [-0.4, -0.2) is 44.3 Å². The molecule has 1 unspecified atom stereocenters. The Kier molecular flexibility index (Phi) is 4.28. The fourth-order valence-corrected chi connectivity index (χ4v) is 2.23. The van der Waals surface area contributed by atoms with Crippen LogP contribution in [0.25, 0.3) is 0 Å². The Bertz CT molecular complexity index is 468. The quantitative estimate of drug-likeness (QED) is 0.656. The number of nitro benzene ring substituents is 1. The largest absolute Gasteiger partial charge is 0.373 e. The fourth-order valence-electron chi connectivity index (χ4n) is 2.23. The molecular formula is C12H16FN3O3. The average Bonchev–Trinajstić information content (AvgIpc) is 2.38. The highest BCUT2D eigenvalue weighted by Gasteiger charge is 2.28. The Morgan fingerprint density at radius 2 is 2.42 bits per heavy atom. The lowest BCUT2D eigenvalue weighted by molar-refractivity contribution is -0.386. The number of para-hydroxylation sites is 1. The van der Waals surface area contributed by atoms with Crippen molar-refractivity contribution in [2.75, 3.05) is 38.2 Å². The summed E-state index contributed by atoms with van der Waals surface area (Å²) in [5.74, 6) is -0.806. The van der Waals surface area contributed by atoms with Crippen LogP contribution < -0.4 is 10.2 Å².